The number of carbonyl (C=O) groups is 2. The third-order valence-corrected chi connectivity index (χ3v) is 4.60. The van der Waals surface area contributed by atoms with Crippen LogP contribution in [0.1, 0.15) is 26.3 Å². The molecule has 4 rings (SSSR count). The van der Waals surface area contributed by atoms with Gasteiger partial charge < -0.3 is 20.1 Å². The normalized spacial score (nSPS) is 11.7. The Bertz CT molecular complexity index is 1030. The second kappa shape index (κ2) is 8.48. The average Bonchev–Trinajstić information content (AvgIpc) is 3.23. The van der Waals surface area contributed by atoms with Crippen LogP contribution in [-0.2, 0) is 6.42 Å². The van der Waals surface area contributed by atoms with Gasteiger partial charge in [0.25, 0.3) is 11.8 Å². The maximum absolute atomic E-state index is 12.8. The fourth-order valence-electron chi connectivity index (χ4n) is 3.15. The smallest absolute Gasteiger partial charge is 0.259 e. The zero-order valence-corrected chi connectivity index (χ0v) is 15.7. The molecule has 2 N–H and O–H groups in total. The summed E-state index contributed by atoms with van der Waals surface area (Å²) in [6, 6.07) is 22.0. The van der Waals surface area contributed by atoms with E-state index in [-0.39, 0.29) is 18.6 Å². The molecule has 2 amide bonds. The molecule has 0 fully saturated rings. The highest BCUT2D eigenvalue weighted by atomic mass is 16.7. The number of ether oxygens (including phenoxy) is 2. The number of fused-ring (bicyclic) bond motifs is 1. The number of rotatable bonds is 6. The van der Waals surface area contributed by atoms with Crippen LogP contribution in [0.2, 0.25) is 0 Å². The SMILES string of the molecule is O=C(NCCc1ccccc1)c1ccccc1NC(=O)c1cccc2c1OCO2. The Morgan fingerprint density at radius 3 is 2.41 bits per heavy atom. The van der Waals surface area contributed by atoms with Crippen LogP contribution in [0.3, 0.4) is 0 Å². The maximum atomic E-state index is 12.8. The van der Waals surface area contributed by atoms with Crippen molar-refractivity contribution < 1.29 is 19.1 Å². The first kappa shape index (κ1) is 18.6. The summed E-state index contributed by atoms with van der Waals surface area (Å²) in [7, 11) is 0. The summed E-state index contributed by atoms with van der Waals surface area (Å²) in [5.74, 6) is 0.339. The number of nitrogens with one attached hydrogen (secondary N) is 2. The summed E-state index contributed by atoms with van der Waals surface area (Å²) in [6.07, 6.45) is 0.731. The lowest BCUT2D eigenvalue weighted by molar-refractivity contribution is 0.0955. The minimum Gasteiger partial charge on any atom is -0.454 e. The van der Waals surface area contributed by atoms with Crippen LogP contribution in [0.4, 0.5) is 5.69 Å². The molecule has 6 nitrogen and oxygen atoms in total. The lowest BCUT2D eigenvalue weighted by atomic mass is 10.1. The first-order valence-electron chi connectivity index (χ1n) is 9.33. The molecule has 0 atom stereocenters. The number of hydrogen-bond acceptors (Lipinski definition) is 4. The predicted octanol–water partition coefficient (Wildman–Crippen LogP) is 3.64. The molecule has 0 aliphatic carbocycles. The van der Waals surface area contributed by atoms with Gasteiger partial charge in [-0.05, 0) is 36.2 Å². The van der Waals surface area contributed by atoms with E-state index in [1.54, 1.807) is 42.5 Å². The van der Waals surface area contributed by atoms with E-state index in [2.05, 4.69) is 10.6 Å². The van der Waals surface area contributed by atoms with Gasteiger partial charge in [-0.15, -0.1) is 0 Å². The molecule has 3 aromatic rings. The van der Waals surface area contributed by atoms with E-state index >= 15 is 0 Å². The van der Waals surface area contributed by atoms with Crippen LogP contribution in [0.5, 0.6) is 11.5 Å². The molecule has 3 aromatic carbocycles. The first-order chi connectivity index (χ1) is 14.2. The van der Waals surface area contributed by atoms with Crippen LogP contribution in [0.15, 0.2) is 72.8 Å². The van der Waals surface area contributed by atoms with Crippen molar-refractivity contribution in [3.63, 3.8) is 0 Å². The quantitative estimate of drug-likeness (QED) is 0.676. The molecule has 0 saturated heterocycles. The first-order valence-corrected chi connectivity index (χ1v) is 9.33. The molecule has 0 saturated carbocycles. The summed E-state index contributed by atoms with van der Waals surface area (Å²) in [5.41, 5.74) is 2.35. The highest BCUT2D eigenvalue weighted by molar-refractivity contribution is 6.10. The molecule has 1 aliphatic rings. The van der Waals surface area contributed by atoms with Gasteiger partial charge in [0, 0.05) is 6.54 Å². The number of carbonyl (C=O) groups excluding carboxylic acids is 2. The largest absolute Gasteiger partial charge is 0.454 e. The molecule has 0 bridgehead atoms. The highest BCUT2D eigenvalue weighted by Crippen LogP contribution is 2.35. The number of para-hydroxylation sites is 2. The second-order valence-corrected chi connectivity index (χ2v) is 6.53. The van der Waals surface area contributed by atoms with Crippen LogP contribution in [0.25, 0.3) is 0 Å². The fraction of sp³-hybridized carbons (Fsp3) is 0.130. The summed E-state index contributed by atoms with van der Waals surface area (Å²) >= 11 is 0. The van der Waals surface area contributed by atoms with Crippen molar-refractivity contribution in [1.29, 1.82) is 0 Å². The summed E-state index contributed by atoms with van der Waals surface area (Å²) < 4.78 is 10.7. The van der Waals surface area contributed by atoms with Gasteiger partial charge in [0.1, 0.15) is 0 Å². The van der Waals surface area contributed by atoms with Gasteiger partial charge in [-0.25, -0.2) is 0 Å². The summed E-state index contributed by atoms with van der Waals surface area (Å²) in [6.45, 7) is 0.586. The van der Waals surface area contributed by atoms with Crippen LogP contribution in [-0.4, -0.2) is 25.2 Å². The molecule has 0 radical (unpaired) electrons. The average molecular weight is 388 g/mol. The third-order valence-electron chi connectivity index (χ3n) is 4.60. The van der Waals surface area contributed by atoms with Crippen molar-refractivity contribution >= 4 is 17.5 Å². The Hall–Kier alpha value is -3.80. The number of hydrogen-bond donors (Lipinski definition) is 2. The Morgan fingerprint density at radius 1 is 0.793 bits per heavy atom. The molecular formula is C23H20N2O4. The predicted molar refractivity (Wildman–Crippen MR) is 109 cm³/mol. The second-order valence-electron chi connectivity index (χ2n) is 6.53. The lowest BCUT2D eigenvalue weighted by Gasteiger charge is -2.12. The zero-order valence-electron chi connectivity index (χ0n) is 15.7. The van der Waals surface area contributed by atoms with Crippen molar-refractivity contribution in [2.45, 2.75) is 6.42 Å². The maximum Gasteiger partial charge on any atom is 0.259 e. The topological polar surface area (TPSA) is 76.7 Å². The Labute approximate surface area is 168 Å². The standard InChI is InChI=1S/C23H20N2O4/c26-22(24-14-13-16-7-2-1-3-8-16)17-9-4-5-11-19(17)25-23(27)18-10-6-12-20-21(18)29-15-28-20/h1-12H,13-15H2,(H,24,26)(H,25,27). The molecule has 29 heavy (non-hydrogen) atoms. The van der Waals surface area contributed by atoms with E-state index in [1.807, 2.05) is 30.3 Å². The van der Waals surface area contributed by atoms with Crippen molar-refractivity contribution in [2.24, 2.45) is 0 Å². The summed E-state index contributed by atoms with van der Waals surface area (Å²) in [4.78, 5) is 25.4. The Kier molecular flexibility index (Phi) is 5.42. The Morgan fingerprint density at radius 2 is 1.55 bits per heavy atom. The minimum atomic E-state index is -0.364. The molecule has 1 aliphatic heterocycles. The number of anilines is 1. The van der Waals surface area contributed by atoms with Gasteiger partial charge >= 0.3 is 0 Å². The van der Waals surface area contributed by atoms with Gasteiger partial charge in [-0.3, -0.25) is 9.59 Å². The van der Waals surface area contributed by atoms with Gasteiger partial charge in [-0.2, -0.15) is 0 Å². The number of benzene rings is 3. The van der Waals surface area contributed by atoms with Gasteiger partial charge in [0.2, 0.25) is 6.79 Å². The van der Waals surface area contributed by atoms with Gasteiger partial charge in [0.05, 0.1) is 16.8 Å². The van der Waals surface area contributed by atoms with E-state index in [0.29, 0.717) is 34.9 Å². The molecule has 6 heteroatoms. The molecule has 0 unspecified atom stereocenters. The fourth-order valence-corrected chi connectivity index (χ4v) is 3.15. The van der Waals surface area contributed by atoms with E-state index in [0.717, 1.165) is 12.0 Å². The highest BCUT2D eigenvalue weighted by Gasteiger charge is 2.22. The van der Waals surface area contributed by atoms with Crippen LogP contribution >= 0.6 is 0 Å². The van der Waals surface area contributed by atoms with Gasteiger partial charge in [-0.1, -0.05) is 48.5 Å². The van der Waals surface area contributed by atoms with Crippen molar-refractivity contribution in [3.05, 3.63) is 89.5 Å². The molecular weight excluding hydrogens is 368 g/mol. The monoisotopic (exact) mass is 388 g/mol. The Balaban J connectivity index is 1.45. The van der Waals surface area contributed by atoms with Crippen LogP contribution < -0.4 is 20.1 Å². The van der Waals surface area contributed by atoms with Crippen molar-refractivity contribution in [1.82, 2.24) is 5.32 Å². The zero-order chi connectivity index (χ0) is 20.1. The third kappa shape index (κ3) is 4.21. The van der Waals surface area contributed by atoms with Crippen LogP contribution in [0, 0.1) is 0 Å². The number of amides is 2. The molecule has 1 heterocycles. The molecule has 0 spiro atoms. The van der Waals surface area contributed by atoms with E-state index in [4.69, 9.17) is 9.47 Å². The van der Waals surface area contributed by atoms with Gasteiger partial charge in [0.15, 0.2) is 11.5 Å². The van der Waals surface area contributed by atoms with Crippen molar-refractivity contribution in [2.75, 3.05) is 18.7 Å². The summed E-state index contributed by atoms with van der Waals surface area (Å²) in [5, 5.41) is 5.72. The van der Waals surface area contributed by atoms with E-state index < -0.39 is 0 Å². The van der Waals surface area contributed by atoms with E-state index in [1.165, 1.54) is 0 Å². The lowest BCUT2D eigenvalue weighted by Crippen LogP contribution is -2.27. The van der Waals surface area contributed by atoms with Crippen molar-refractivity contribution in [3.8, 4) is 11.5 Å². The van der Waals surface area contributed by atoms with E-state index in [9.17, 15) is 9.59 Å². The minimum absolute atomic E-state index is 0.0834. The molecule has 146 valence electrons. The molecule has 0 aromatic heterocycles.